The smallest absolute Gasteiger partial charge is 0.269 e. The van der Waals surface area contributed by atoms with Crippen LogP contribution in [0.3, 0.4) is 0 Å². The Balaban J connectivity index is 0.000000561. The Hall–Kier alpha value is -1.66. The van der Waals surface area contributed by atoms with Crippen molar-refractivity contribution in [1.29, 1.82) is 0 Å². The Bertz CT molecular complexity index is 245. The molecule has 0 amide bonds. The van der Waals surface area contributed by atoms with E-state index >= 15 is 0 Å². The maximum atomic E-state index is 10.0. The number of hydrogen-bond acceptors (Lipinski definition) is 5. The lowest BCUT2D eigenvalue weighted by Gasteiger charge is -1.89. The highest BCUT2D eigenvalue weighted by molar-refractivity contribution is 5.34. The van der Waals surface area contributed by atoms with E-state index in [1.807, 2.05) is 0 Å². The van der Waals surface area contributed by atoms with E-state index in [0.29, 0.717) is 0 Å². The number of hydrogen-bond donors (Lipinski definition) is 3. The molecule has 6 heteroatoms. The van der Waals surface area contributed by atoms with Crippen molar-refractivity contribution in [2.45, 2.75) is 0 Å². The molecule has 0 saturated carbocycles. The van der Waals surface area contributed by atoms with Gasteiger partial charge < -0.3 is 5.11 Å². The number of phenolic OH excluding ortho intramolecular Hbond substituents is 1. The zero-order chi connectivity index (χ0) is 9.56. The quantitative estimate of drug-likeness (QED) is 0.337. The molecule has 0 unspecified atom stereocenters. The third-order valence-electron chi connectivity index (χ3n) is 1.06. The molecule has 3 N–H and O–H groups in total. The first-order valence-corrected chi connectivity index (χ1v) is 2.83. The first-order valence-electron chi connectivity index (χ1n) is 2.83. The molecule has 0 atom stereocenters. The lowest BCUT2D eigenvalue weighted by Crippen LogP contribution is -1.85. The van der Waals surface area contributed by atoms with Gasteiger partial charge in [-0.05, 0) is 12.1 Å². The summed E-state index contributed by atoms with van der Waals surface area (Å²) in [5.41, 5.74) is -0.0159. The van der Waals surface area contributed by atoms with E-state index < -0.39 is 4.92 Å². The summed E-state index contributed by atoms with van der Waals surface area (Å²) in [4.78, 5) is 9.52. The highest BCUT2D eigenvalue weighted by atomic mass is 17.0. The van der Waals surface area contributed by atoms with Gasteiger partial charge in [-0.25, -0.2) is 0 Å². The fraction of sp³-hybridized carbons (Fsp3) is 0. The van der Waals surface area contributed by atoms with Gasteiger partial charge in [0.05, 0.1) is 4.92 Å². The maximum absolute atomic E-state index is 10.0. The monoisotopic (exact) mass is 173 g/mol. The minimum atomic E-state index is -0.514. The lowest BCUT2D eigenvalue weighted by molar-refractivity contribution is -0.384. The second-order valence-electron chi connectivity index (χ2n) is 1.77. The molecule has 0 aliphatic rings. The van der Waals surface area contributed by atoms with Crippen LogP contribution in [0.25, 0.3) is 0 Å². The van der Waals surface area contributed by atoms with Crippen LogP contribution in [0, 0.1) is 10.1 Å². The van der Waals surface area contributed by atoms with Gasteiger partial charge in [-0.15, -0.1) is 0 Å². The van der Waals surface area contributed by atoms with E-state index in [1.165, 1.54) is 24.3 Å². The summed E-state index contributed by atoms with van der Waals surface area (Å²) in [5, 5.41) is 30.8. The zero-order valence-corrected chi connectivity index (χ0v) is 5.91. The second kappa shape index (κ2) is 5.05. The molecule has 0 fully saturated rings. The molecule has 0 radical (unpaired) electrons. The van der Waals surface area contributed by atoms with Crippen molar-refractivity contribution >= 4 is 5.69 Å². The first-order chi connectivity index (χ1) is 5.70. The minimum absolute atomic E-state index is 0.0159. The number of rotatable bonds is 1. The van der Waals surface area contributed by atoms with Gasteiger partial charge >= 0.3 is 0 Å². The lowest BCUT2D eigenvalue weighted by atomic mass is 10.3. The SMILES string of the molecule is O=[N+]([O-])c1ccc(O)cc1.OO. The number of aromatic hydroxyl groups is 1. The first kappa shape index (κ1) is 10.3. The number of non-ortho nitro benzene ring substituents is 1. The summed E-state index contributed by atoms with van der Waals surface area (Å²) in [5.74, 6) is 0.0330. The van der Waals surface area contributed by atoms with E-state index in [9.17, 15) is 10.1 Å². The average molecular weight is 173 g/mol. The van der Waals surface area contributed by atoms with Crippen LogP contribution >= 0.6 is 0 Å². The summed E-state index contributed by atoms with van der Waals surface area (Å²) in [6, 6.07) is 5.04. The van der Waals surface area contributed by atoms with Gasteiger partial charge in [0.15, 0.2) is 0 Å². The molecule has 12 heavy (non-hydrogen) atoms. The highest BCUT2D eigenvalue weighted by Gasteiger charge is 2.01. The van der Waals surface area contributed by atoms with Crippen molar-refractivity contribution in [3.63, 3.8) is 0 Å². The Morgan fingerprint density at radius 2 is 1.58 bits per heavy atom. The van der Waals surface area contributed by atoms with Crippen molar-refractivity contribution in [1.82, 2.24) is 0 Å². The molecular weight excluding hydrogens is 166 g/mol. The second-order valence-corrected chi connectivity index (χ2v) is 1.77. The molecule has 1 rings (SSSR count). The predicted molar refractivity (Wildman–Crippen MR) is 40.0 cm³/mol. The van der Waals surface area contributed by atoms with Crippen molar-refractivity contribution < 1.29 is 20.5 Å². The summed E-state index contributed by atoms with van der Waals surface area (Å²) >= 11 is 0. The Morgan fingerprint density at radius 3 is 1.92 bits per heavy atom. The van der Waals surface area contributed by atoms with Crippen molar-refractivity contribution in [2.75, 3.05) is 0 Å². The predicted octanol–water partition coefficient (Wildman–Crippen LogP) is 1.32. The number of phenols is 1. The van der Waals surface area contributed by atoms with E-state index in [4.69, 9.17) is 15.6 Å². The van der Waals surface area contributed by atoms with Gasteiger partial charge in [0.2, 0.25) is 0 Å². The molecule has 0 aromatic heterocycles. The largest absolute Gasteiger partial charge is 0.508 e. The zero-order valence-electron chi connectivity index (χ0n) is 5.91. The van der Waals surface area contributed by atoms with Crippen molar-refractivity contribution in [3.05, 3.63) is 34.4 Å². The molecule has 6 nitrogen and oxygen atoms in total. The molecule has 0 bridgehead atoms. The molecule has 0 spiro atoms. The van der Waals surface area contributed by atoms with Gasteiger partial charge in [-0.3, -0.25) is 20.6 Å². The molecule has 66 valence electrons. The van der Waals surface area contributed by atoms with Gasteiger partial charge in [0, 0.05) is 12.1 Å². The van der Waals surface area contributed by atoms with Gasteiger partial charge in [0.25, 0.3) is 5.69 Å². The van der Waals surface area contributed by atoms with Gasteiger partial charge in [-0.2, -0.15) is 0 Å². The van der Waals surface area contributed by atoms with E-state index in [1.54, 1.807) is 0 Å². The van der Waals surface area contributed by atoms with E-state index in [0.717, 1.165) is 0 Å². The van der Waals surface area contributed by atoms with Gasteiger partial charge in [0.1, 0.15) is 5.75 Å². The standard InChI is InChI=1S/C6H5NO3.H2O2/c8-6-3-1-5(2-4-6)7(9)10;1-2/h1-4,8H;1-2H. The third-order valence-corrected chi connectivity index (χ3v) is 1.06. The summed E-state index contributed by atoms with van der Waals surface area (Å²) in [6.45, 7) is 0. The summed E-state index contributed by atoms with van der Waals surface area (Å²) in [7, 11) is 0. The fourth-order valence-corrected chi connectivity index (χ4v) is 0.574. The molecule has 1 aromatic carbocycles. The Kier molecular flexibility index (Phi) is 4.35. The molecule has 0 aliphatic carbocycles. The van der Waals surface area contributed by atoms with Crippen LogP contribution < -0.4 is 0 Å². The van der Waals surface area contributed by atoms with Crippen LogP contribution in [0.2, 0.25) is 0 Å². The van der Waals surface area contributed by atoms with Crippen molar-refractivity contribution in [3.8, 4) is 5.75 Å². The number of benzene rings is 1. The van der Waals surface area contributed by atoms with E-state index in [2.05, 4.69) is 0 Å². The highest BCUT2D eigenvalue weighted by Crippen LogP contribution is 2.14. The maximum Gasteiger partial charge on any atom is 0.269 e. The van der Waals surface area contributed by atoms with Crippen LogP contribution in [-0.2, 0) is 0 Å². The molecule has 1 aromatic rings. The van der Waals surface area contributed by atoms with Crippen LogP contribution in [0.5, 0.6) is 5.75 Å². The number of nitro benzene ring substituents is 1. The Morgan fingerprint density at radius 1 is 1.17 bits per heavy atom. The molecule has 0 saturated heterocycles. The normalized spacial score (nSPS) is 8.17. The molecule has 0 heterocycles. The van der Waals surface area contributed by atoms with Crippen LogP contribution in [-0.4, -0.2) is 20.5 Å². The third kappa shape index (κ3) is 2.95. The minimum Gasteiger partial charge on any atom is -0.508 e. The molecule has 0 aliphatic heterocycles. The van der Waals surface area contributed by atoms with Crippen molar-refractivity contribution in [2.24, 2.45) is 0 Å². The van der Waals surface area contributed by atoms with Crippen LogP contribution in [0.4, 0.5) is 5.69 Å². The summed E-state index contributed by atoms with van der Waals surface area (Å²) in [6.07, 6.45) is 0. The number of nitro groups is 1. The Labute approximate surface area is 67.4 Å². The van der Waals surface area contributed by atoms with Gasteiger partial charge in [-0.1, -0.05) is 0 Å². The van der Waals surface area contributed by atoms with Crippen LogP contribution in [0.15, 0.2) is 24.3 Å². The summed E-state index contributed by atoms with van der Waals surface area (Å²) < 4.78 is 0. The number of nitrogens with zero attached hydrogens (tertiary/aromatic N) is 1. The molecular formula is C6H7NO5. The topological polar surface area (TPSA) is 104 Å². The van der Waals surface area contributed by atoms with Crippen LogP contribution in [0.1, 0.15) is 0 Å². The average Bonchev–Trinajstić information content (AvgIpc) is 2.09. The van der Waals surface area contributed by atoms with E-state index in [-0.39, 0.29) is 11.4 Å². The fourth-order valence-electron chi connectivity index (χ4n) is 0.574.